The molecule has 6 heteroatoms. The first-order valence-corrected chi connectivity index (χ1v) is 7.47. The molecule has 1 unspecified atom stereocenters. The van der Waals surface area contributed by atoms with Crippen LogP contribution in [-0.2, 0) is 11.2 Å². The number of benzene rings is 1. The molecule has 4 nitrogen and oxygen atoms in total. The van der Waals surface area contributed by atoms with Gasteiger partial charge in [0, 0.05) is 11.4 Å². The molecule has 0 saturated carbocycles. The molecule has 20 heavy (non-hydrogen) atoms. The maximum atomic E-state index is 12.8. The van der Waals surface area contributed by atoms with Gasteiger partial charge in [0.15, 0.2) is 5.82 Å². The van der Waals surface area contributed by atoms with Gasteiger partial charge >= 0.3 is 0 Å². The Balaban J connectivity index is 2.01. The molecule has 2 rings (SSSR count). The van der Waals surface area contributed by atoms with E-state index in [1.54, 1.807) is 12.1 Å². The summed E-state index contributed by atoms with van der Waals surface area (Å²) in [5, 5.41) is 3.97. The van der Waals surface area contributed by atoms with Crippen molar-refractivity contribution in [3.8, 4) is 0 Å². The predicted octanol–water partition coefficient (Wildman–Crippen LogP) is 3.13. The van der Waals surface area contributed by atoms with Gasteiger partial charge in [-0.05, 0) is 37.6 Å². The maximum absolute atomic E-state index is 12.8. The molecule has 0 fully saturated rings. The van der Waals surface area contributed by atoms with Gasteiger partial charge in [0.25, 0.3) is 0 Å². The third-order valence-electron chi connectivity index (χ3n) is 3.40. The fourth-order valence-electron chi connectivity index (χ4n) is 1.62. The molecule has 108 valence electrons. The van der Waals surface area contributed by atoms with Crippen LogP contribution < -0.4 is 5.73 Å². The lowest BCUT2D eigenvalue weighted by atomic mass is 9.88. The lowest BCUT2D eigenvalue weighted by molar-refractivity contribution is 0.289. The average Bonchev–Trinajstić information content (AvgIpc) is 2.95. The topological polar surface area (TPSA) is 64.9 Å². The predicted molar refractivity (Wildman–Crippen MR) is 77.0 cm³/mol. The summed E-state index contributed by atoms with van der Waals surface area (Å²) in [7, 11) is 0. The Morgan fingerprint density at radius 2 is 2.05 bits per heavy atom. The van der Waals surface area contributed by atoms with Crippen molar-refractivity contribution < 1.29 is 8.91 Å². The minimum atomic E-state index is -0.272. The minimum absolute atomic E-state index is 0.238. The molecule has 1 atom stereocenters. The highest BCUT2D eigenvalue weighted by molar-refractivity contribution is 7.98. The fourth-order valence-corrected chi connectivity index (χ4v) is 2.36. The summed E-state index contributed by atoms with van der Waals surface area (Å²) in [6, 6.07) is 6.34. The number of thioether (sulfide) groups is 1. The molecule has 0 amide bonds. The first-order chi connectivity index (χ1) is 9.57. The standard InChI is InChI=1S/C14H18FN3OS/c1-3-14(2,9-16)13-17-12(18-19-13)8-20-11-6-4-10(15)5-7-11/h4-7H,3,8-9,16H2,1-2H3. The number of aromatic nitrogens is 2. The molecule has 0 saturated heterocycles. The molecule has 0 aliphatic heterocycles. The van der Waals surface area contributed by atoms with Crippen LogP contribution >= 0.6 is 11.8 Å². The molecule has 0 spiro atoms. The van der Waals surface area contributed by atoms with Crippen LogP contribution in [-0.4, -0.2) is 16.7 Å². The second kappa shape index (κ2) is 6.37. The third kappa shape index (κ3) is 3.37. The number of nitrogens with zero attached hydrogens (tertiary/aromatic N) is 2. The average molecular weight is 295 g/mol. The molecule has 0 radical (unpaired) electrons. The first-order valence-electron chi connectivity index (χ1n) is 6.49. The largest absolute Gasteiger partial charge is 0.339 e. The molecule has 1 aromatic carbocycles. The van der Waals surface area contributed by atoms with Crippen molar-refractivity contribution in [2.45, 2.75) is 36.3 Å². The second-order valence-corrected chi connectivity index (χ2v) is 5.93. The normalized spacial score (nSPS) is 14.2. The van der Waals surface area contributed by atoms with Crippen molar-refractivity contribution in [3.63, 3.8) is 0 Å². The van der Waals surface area contributed by atoms with Crippen LogP contribution in [0.5, 0.6) is 0 Å². The van der Waals surface area contributed by atoms with Crippen LogP contribution in [0.4, 0.5) is 4.39 Å². The molecule has 1 aromatic heterocycles. The van der Waals surface area contributed by atoms with Gasteiger partial charge in [0.2, 0.25) is 5.89 Å². The monoisotopic (exact) mass is 295 g/mol. The SMILES string of the molecule is CCC(C)(CN)c1nc(CSc2ccc(F)cc2)no1. The van der Waals surface area contributed by atoms with Crippen molar-refractivity contribution in [2.24, 2.45) is 5.73 Å². The Labute approximate surface area is 121 Å². The van der Waals surface area contributed by atoms with Gasteiger partial charge in [-0.25, -0.2) is 4.39 Å². The van der Waals surface area contributed by atoms with E-state index in [4.69, 9.17) is 10.3 Å². The number of nitrogens with two attached hydrogens (primary N) is 1. The van der Waals surface area contributed by atoms with Gasteiger partial charge in [0.1, 0.15) is 5.82 Å². The van der Waals surface area contributed by atoms with E-state index in [1.165, 1.54) is 23.9 Å². The minimum Gasteiger partial charge on any atom is -0.339 e. The van der Waals surface area contributed by atoms with Crippen molar-refractivity contribution in [2.75, 3.05) is 6.54 Å². The zero-order valence-electron chi connectivity index (χ0n) is 11.6. The van der Waals surface area contributed by atoms with Crippen LogP contribution in [0.3, 0.4) is 0 Å². The Morgan fingerprint density at radius 3 is 2.65 bits per heavy atom. The van der Waals surface area contributed by atoms with Crippen LogP contribution in [0, 0.1) is 5.82 Å². The van der Waals surface area contributed by atoms with Crippen LogP contribution in [0.1, 0.15) is 32.0 Å². The Kier molecular flexibility index (Phi) is 4.77. The number of hydrogen-bond donors (Lipinski definition) is 1. The summed E-state index contributed by atoms with van der Waals surface area (Å²) >= 11 is 1.54. The summed E-state index contributed by atoms with van der Waals surface area (Å²) in [6.45, 7) is 4.53. The molecule has 1 heterocycles. The smallest absolute Gasteiger partial charge is 0.233 e. The van der Waals surface area contributed by atoms with E-state index in [1.807, 2.05) is 13.8 Å². The highest BCUT2D eigenvalue weighted by Crippen LogP contribution is 2.26. The quantitative estimate of drug-likeness (QED) is 0.829. The Bertz CT molecular complexity index is 552. The van der Waals surface area contributed by atoms with Crippen LogP contribution in [0.15, 0.2) is 33.7 Å². The third-order valence-corrected chi connectivity index (χ3v) is 4.40. The molecule has 0 aliphatic rings. The van der Waals surface area contributed by atoms with Gasteiger partial charge < -0.3 is 10.3 Å². The number of halogens is 1. The fraction of sp³-hybridized carbons (Fsp3) is 0.429. The van der Waals surface area contributed by atoms with E-state index >= 15 is 0 Å². The Hall–Kier alpha value is -1.40. The van der Waals surface area contributed by atoms with Crippen LogP contribution in [0.25, 0.3) is 0 Å². The summed E-state index contributed by atoms with van der Waals surface area (Å²) < 4.78 is 18.1. The van der Waals surface area contributed by atoms with Gasteiger partial charge in [-0.2, -0.15) is 4.98 Å². The molecule has 2 N–H and O–H groups in total. The number of rotatable bonds is 6. The van der Waals surface area contributed by atoms with Gasteiger partial charge in [0.05, 0.1) is 11.2 Å². The zero-order valence-corrected chi connectivity index (χ0v) is 12.4. The van der Waals surface area contributed by atoms with Crippen molar-refractivity contribution in [1.82, 2.24) is 10.1 Å². The molecular formula is C14H18FN3OS. The highest BCUT2D eigenvalue weighted by atomic mass is 32.2. The lowest BCUT2D eigenvalue weighted by Gasteiger charge is -2.20. The summed E-state index contributed by atoms with van der Waals surface area (Å²) in [4.78, 5) is 5.37. The maximum Gasteiger partial charge on any atom is 0.233 e. The van der Waals surface area contributed by atoms with E-state index in [0.29, 0.717) is 24.0 Å². The summed E-state index contributed by atoms with van der Waals surface area (Å²) in [6.07, 6.45) is 0.843. The van der Waals surface area contributed by atoms with Crippen molar-refractivity contribution in [3.05, 3.63) is 41.8 Å². The first kappa shape index (κ1) is 15.0. The lowest BCUT2D eigenvalue weighted by Crippen LogP contribution is -2.31. The van der Waals surface area contributed by atoms with Gasteiger partial charge in [-0.15, -0.1) is 11.8 Å². The van der Waals surface area contributed by atoms with Gasteiger partial charge in [-0.3, -0.25) is 0 Å². The second-order valence-electron chi connectivity index (χ2n) is 4.88. The summed E-state index contributed by atoms with van der Waals surface area (Å²) in [5.41, 5.74) is 5.50. The number of hydrogen-bond acceptors (Lipinski definition) is 5. The van der Waals surface area contributed by atoms with E-state index in [0.717, 1.165) is 11.3 Å². The van der Waals surface area contributed by atoms with Crippen molar-refractivity contribution >= 4 is 11.8 Å². The van der Waals surface area contributed by atoms with Crippen molar-refractivity contribution in [1.29, 1.82) is 0 Å². The molecular weight excluding hydrogens is 277 g/mol. The van der Waals surface area contributed by atoms with Crippen LogP contribution in [0.2, 0.25) is 0 Å². The van der Waals surface area contributed by atoms with E-state index in [2.05, 4.69) is 10.1 Å². The van der Waals surface area contributed by atoms with Gasteiger partial charge in [-0.1, -0.05) is 12.1 Å². The summed E-state index contributed by atoms with van der Waals surface area (Å²) in [5.74, 6) is 1.55. The Morgan fingerprint density at radius 1 is 1.35 bits per heavy atom. The zero-order chi connectivity index (χ0) is 14.6. The van der Waals surface area contributed by atoms with E-state index in [-0.39, 0.29) is 11.2 Å². The van der Waals surface area contributed by atoms with E-state index in [9.17, 15) is 4.39 Å². The molecule has 0 bridgehead atoms. The molecule has 0 aliphatic carbocycles. The molecule has 2 aromatic rings. The van der Waals surface area contributed by atoms with E-state index < -0.39 is 0 Å². The highest BCUT2D eigenvalue weighted by Gasteiger charge is 2.29.